The zero-order valence-electron chi connectivity index (χ0n) is 17.7. The summed E-state index contributed by atoms with van der Waals surface area (Å²) in [7, 11) is 0. The monoisotopic (exact) mass is 406 g/mol. The zero-order chi connectivity index (χ0) is 20.5. The minimum Gasteiger partial charge on any atom is -0.460 e. The Morgan fingerprint density at radius 3 is 1.86 bits per heavy atom. The molecule has 1 saturated heterocycles. The minimum atomic E-state index is -0.455. The molecule has 0 aliphatic carbocycles. The lowest BCUT2D eigenvalue weighted by atomic mass is 10.2. The third-order valence-electron chi connectivity index (χ3n) is 3.66. The van der Waals surface area contributed by atoms with Crippen LogP contribution in [0.3, 0.4) is 0 Å². The first-order valence-electron chi connectivity index (χ1n) is 10.2. The van der Waals surface area contributed by atoms with Gasteiger partial charge in [0.15, 0.2) is 6.29 Å². The van der Waals surface area contributed by atoms with Gasteiger partial charge < -0.3 is 33.2 Å². The van der Waals surface area contributed by atoms with E-state index in [1.807, 2.05) is 20.8 Å². The fraction of sp³-hybridized carbons (Fsp3) is 0.950. The highest BCUT2D eigenvalue weighted by Crippen LogP contribution is 2.13. The smallest absolute Gasteiger partial charge is 0.308 e. The molecule has 0 bridgehead atoms. The van der Waals surface area contributed by atoms with E-state index in [0.717, 1.165) is 19.4 Å². The second-order valence-electron chi connectivity index (χ2n) is 7.45. The van der Waals surface area contributed by atoms with E-state index < -0.39 is 5.60 Å². The summed E-state index contributed by atoms with van der Waals surface area (Å²) >= 11 is 0. The molecule has 0 N–H and O–H groups in total. The van der Waals surface area contributed by atoms with Gasteiger partial charge in [0, 0.05) is 6.61 Å². The van der Waals surface area contributed by atoms with E-state index in [0.29, 0.717) is 59.5 Å². The average molecular weight is 407 g/mol. The number of hydrogen-bond donors (Lipinski definition) is 0. The summed E-state index contributed by atoms with van der Waals surface area (Å²) in [5.74, 6) is -0.252. The van der Waals surface area contributed by atoms with Gasteiger partial charge in [-0.05, 0) is 40.0 Å². The van der Waals surface area contributed by atoms with Gasteiger partial charge in [-0.25, -0.2) is 0 Å². The van der Waals surface area contributed by atoms with Crippen LogP contribution in [0.5, 0.6) is 0 Å². The first-order chi connectivity index (χ1) is 13.5. The van der Waals surface area contributed by atoms with Gasteiger partial charge in [0.1, 0.15) is 5.60 Å². The summed E-state index contributed by atoms with van der Waals surface area (Å²) in [6.07, 6.45) is 3.45. The van der Waals surface area contributed by atoms with Gasteiger partial charge in [-0.15, -0.1) is 0 Å². The predicted molar refractivity (Wildman–Crippen MR) is 103 cm³/mol. The molecule has 8 nitrogen and oxygen atoms in total. The van der Waals surface area contributed by atoms with Crippen molar-refractivity contribution in [3.05, 3.63) is 0 Å². The van der Waals surface area contributed by atoms with E-state index in [4.69, 9.17) is 33.2 Å². The average Bonchev–Trinajstić information content (AvgIpc) is 2.64. The Balaban J connectivity index is 1.72. The minimum absolute atomic E-state index is 0.0629. The third kappa shape index (κ3) is 16.2. The molecule has 28 heavy (non-hydrogen) atoms. The Hall–Kier alpha value is -0.770. The Morgan fingerprint density at radius 1 is 0.821 bits per heavy atom. The van der Waals surface area contributed by atoms with Crippen molar-refractivity contribution in [2.75, 3.05) is 66.1 Å². The summed E-state index contributed by atoms with van der Waals surface area (Å²) in [5, 5.41) is 0. The van der Waals surface area contributed by atoms with Crippen molar-refractivity contribution in [2.45, 2.75) is 58.3 Å². The normalized spacial score (nSPS) is 17.6. The molecular formula is C20H38O8. The Labute approximate surface area is 169 Å². The predicted octanol–water partition coefficient (Wildman–Crippen LogP) is 2.33. The van der Waals surface area contributed by atoms with Crippen LogP contribution in [0.15, 0.2) is 0 Å². The van der Waals surface area contributed by atoms with E-state index in [2.05, 4.69) is 0 Å². The van der Waals surface area contributed by atoms with Crippen molar-refractivity contribution in [3.63, 3.8) is 0 Å². The third-order valence-corrected chi connectivity index (χ3v) is 3.66. The van der Waals surface area contributed by atoms with Gasteiger partial charge in [0.05, 0.1) is 65.9 Å². The van der Waals surface area contributed by atoms with Crippen LogP contribution in [0, 0.1) is 0 Å². The molecule has 1 atom stereocenters. The van der Waals surface area contributed by atoms with Crippen LogP contribution in [0.4, 0.5) is 0 Å². The van der Waals surface area contributed by atoms with Crippen molar-refractivity contribution < 1.29 is 38.0 Å². The lowest BCUT2D eigenvalue weighted by molar-refractivity contribution is -0.169. The van der Waals surface area contributed by atoms with Crippen LogP contribution in [0.1, 0.15) is 46.5 Å². The highest BCUT2D eigenvalue weighted by molar-refractivity contribution is 5.69. The molecule has 0 aromatic carbocycles. The maximum atomic E-state index is 11.5. The van der Waals surface area contributed by atoms with Crippen LogP contribution in [-0.4, -0.2) is 83.9 Å². The SMILES string of the molecule is CC(C)(C)OC(=O)CCOCCOCCOCCOCCOC1CCCCO1. The number of carbonyl (C=O) groups excluding carboxylic acids is 1. The van der Waals surface area contributed by atoms with E-state index in [-0.39, 0.29) is 18.7 Å². The van der Waals surface area contributed by atoms with Crippen molar-refractivity contribution in [2.24, 2.45) is 0 Å². The number of rotatable bonds is 16. The Kier molecular flexibility index (Phi) is 14.5. The molecule has 8 heteroatoms. The van der Waals surface area contributed by atoms with Gasteiger partial charge in [-0.3, -0.25) is 4.79 Å². The fourth-order valence-corrected chi connectivity index (χ4v) is 2.39. The van der Waals surface area contributed by atoms with Gasteiger partial charge in [0.25, 0.3) is 0 Å². The molecule has 0 spiro atoms. The summed E-state index contributed by atoms with van der Waals surface area (Å²) < 4.78 is 37.8. The summed E-state index contributed by atoms with van der Waals surface area (Å²) in [6.45, 7) is 10.7. The second-order valence-corrected chi connectivity index (χ2v) is 7.45. The van der Waals surface area contributed by atoms with Gasteiger partial charge in [-0.2, -0.15) is 0 Å². The van der Waals surface area contributed by atoms with E-state index in [1.54, 1.807) is 0 Å². The molecule has 0 aromatic heterocycles. The summed E-state index contributed by atoms with van der Waals surface area (Å²) in [5.41, 5.74) is -0.455. The van der Waals surface area contributed by atoms with Gasteiger partial charge >= 0.3 is 5.97 Å². The second kappa shape index (κ2) is 16.1. The largest absolute Gasteiger partial charge is 0.460 e. The molecule has 1 rings (SSSR count). The Bertz CT molecular complexity index is 377. The summed E-state index contributed by atoms with van der Waals surface area (Å²) in [6, 6.07) is 0. The molecular weight excluding hydrogens is 368 g/mol. The quantitative estimate of drug-likeness (QED) is 0.285. The van der Waals surface area contributed by atoms with Crippen molar-refractivity contribution in [1.29, 1.82) is 0 Å². The number of carbonyl (C=O) groups is 1. The van der Waals surface area contributed by atoms with Crippen LogP contribution in [0.25, 0.3) is 0 Å². The molecule has 1 unspecified atom stereocenters. The van der Waals surface area contributed by atoms with E-state index in [1.165, 1.54) is 6.42 Å². The topological polar surface area (TPSA) is 81.7 Å². The lowest BCUT2D eigenvalue weighted by Gasteiger charge is -2.22. The van der Waals surface area contributed by atoms with Crippen molar-refractivity contribution in [1.82, 2.24) is 0 Å². The summed E-state index contributed by atoms with van der Waals surface area (Å²) in [4.78, 5) is 11.5. The maximum absolute atomic E-state index is 11.5. The van der Waals surface area contributed by atoms with Gasteiger partial charge in [-0.1, -0.05) is 0 Å². The van der Waals surface area contributed by atoms with E-state index in [9.17, 15) is 4.79 Å². The highest BCUT2D eigenvalue weighted by Gasteiger charge is 2.15. The zero-order valence-corrected chi connectivity index (χ0v) is 17.7. The molecule has 0 radical (unpaired) electrons. The molecule has 0 amide bonds. The molecule has 1 heterocycles. The maximum Gasteiger partial charge on any atom is 0.308 e. The molecule has 1 aliphatic heterocycles. The number of esters is 1. The van der Waals surface area contributed by atoms with Crippen molar-refractivity contribution in [3.8, 4) is 0 Å². The number of hydrogen-bond acceptors (Lipinski definition) is 8. The first-order valence-corrected chi connectivity index (χ1v) is 10.2. The molecule has 0 aromatic rings. The van der Waals surface area contributed by atoms with E-state index >= 15 is 0 Å². The Morgan fingerprint density at radius 2 is 1.36 bits per heavy atom. The van der Waals surface area contributed by atoms with Crippen LogP contribution in [0.2, 0.25) is 0 Å². The van der Waals surface area contributed by atoms with Crippen LogP contribution < -0.4 is 0 Å². The lowest BCUT2D eigenvalue weighted by Crippen LogP contribution is -2.24. The van der Waals surface area contributed by atoms with Crippen LogP contribution in [-0.2, 0) is 38.0 Å². The standard InChI is InChI=1S/C20H38O8/c1-20(2,3)28-18(21)7-9-22-10-11-23-12-13-24-14-15-25-16-17-27-19-6-4-5-8-26-19/h19H,4-17H2,1-3H3. The first kappa shape index (κ1) is 25.3. The molecule has 0 saturated carbocycles. The molecule has 1 fully saturated rings. The fourth-order valence-electron chi connectivity index (χ4n) is 2.39. The highest BCUT2D eigenvalue weighted by atomic mass is 16.7. The van der Waals surface area contributed by atoms with Crippen LogP contribution >= 0.6 is 0 Å². The number of ether oxygens (including phenoxy) is 7. The molecule has 1 aliphatic rings. The van der Waals surface area contributed by atoms with Gasteiger partial charge in [0.2, 0.25) is 0 Å². The molecule has 166 valence electrons. The van der Waals surface area contributed by atoms with Crippen molar-refractivity contribution >= 4 is 5.97 Å².